The Morgan fingerprint density at radius 1 is 1.35 bits per heavy atom. The fourth-order valence-corrected chi connectivity index (χ4v) is 3.87. The molecule has 5 nitrogen and oxygen atoms in total. The summed E-state index contributed by atoms with van der Waals surface area (Å²) in [6, 6.07) is 7.78. The van der Waals surface area contributed by atoms with Crippen molar-refractivity contribution in [3.05, 3.63) is 46.9 Å². The lowest BCUT2D eigenvalue weighted by atomic mass is 9.93. The van der Waals surface area contributed by atoms with Crippen LogP contribution in [0.5, 0.6) is 0 Å². The molecule has 1 aromatic heterocycles. The Hall–Kier alpha value is -2.11. The fourth-order valence-electron chi connectivity index (χ4n) is 3.87. The van der Waals surface area contributed by atoms with Crippen LogP contribution in [0.3, 0.4) is 0 Å². The number of carbonyl (C=O) groups is 1. The van der Waals surface area contributed by atoms with Crippen molar-refractivity contribution in [2.24, 2.45) is 5.73 Å². The number of aldehydes is 1. The summed E-state index contributed by atoms with van der Waals surface area (Å²) in [5, 5.41) is 7.76. The highest BCUT2D eigenvalue weighted by atomic mass is 16.3. The van der Waals surface area contributed by atoms with E-state index in [2.05, 4.69) is 10.6 Å². The summed E-state index contributed by atoms with van der Waals surface area (Å²) >= 11 is 0. The summed E-state index contributed by atoms with van der Waals surface area (Å²) in [5.41, 5.74) is 9.63. The monoisotopic (exact) mass is 355 g/mol. The molecule has 2 aromatic rings. The summed E-state index contributed by atoms with van der Waals surface area (Å²) in [6.07, 6.45) is 6.93. The zero-order chi connectivity index (χ0) is 18.5. The molecule has 0 spiro atoms. The van der Waals surface area contributed by atoms with E-state index < -0.39 is 6.04 Å². The van der Waals surface area contributed by atoms with Crippen molar-refractivity contribution >= 4 is 17.3 Å². The van der Waals surface area contributed by atoms with Gasteiger partial charge in [-0.05, 0) is 32.9 Å². The Balaban J connectivity index is 1.96. The molecule has 0 radical (unpaired) electrons. The van der Waals surface area contributed by atoms with E-state index in [0.717, 1.165) is 47.1 Å². The molecule has 3 rings (SSSR count). The number of nitrogens with one attached hydrogen (secondary N) is 2. The first kappa shape index (κ1) is 18.7. The number of fused-ring (bicyclic) bond motifs is 1. The highest BCUT2D eigenvalue weighted by Gasteiger charge is 2.22. The SMILES string of the molecule is CNC/C(NC1CCCCC1)=C(\C=O)C(N)c1cccc2cc(C)oc12. The summed E-state index contributed by atoms with van der Waals surface area (Å²) in [6.45, 7) is 2.51. The van der Waals surface area contributed by atoms with Crippen LogP contribution in [-0.4, -0.2) is 25.9 Å². The number of rotatable bonds is 7. The molecule has 1 aromatic carbocycles. The maximum absolute atomic E-state index is 12.0. The number of para-hydroxylation sites is 1. The molecule has 26 heavy (non-hydrogen) atoms. The number of likely N-dealkylation sites (N-methyl/N-ethyl adjacent to an activating group) is 1. The van der Waals surface area contributed by atoms with Gasteiger partial charge in [-0.3, -0.25) is 4.79 Å². The van der Waals surface area contributed by atoms with Gasteiger partial charge in [-0.15, -0.1) is 0 Å². The number of furan rings is 1. The van der Waals surface area contributed by atoms with E-state index in [4.69, 9.17) is 10.2 Å². The second kappa shape index (κ2) is 8.52. The van der Waals surface area contributed by atoms with Crippen molar-refractivity contribution in [2.45, 2.75) is 51.1 Å². The predicted octanol–water partition coefficient (Wildman–Crippen LogP) is 3.34. The van der Waals surface area contributed by atoms with E-state index in [9.17, 15) is 4.79 Å². The van der Waals surface area contributed by atoms with Crippen LogP contribution in [0.4, 0.5) is 0 Å². The van der Waals surface area contributed by atoms with Gasteiger partial charge in [-0.25, -0.2) is 0 Å². The van der Waals surface area contributed by atoms with Gasteiger partial charge < -0.3 is 20.8 Å². The Morgan fingerprint density at radius 3 is 2.81 bits per heavy atom. The van der Waals surface area contributed by atoms with E-state index >= 15 is 0 Å². The molecule has 1 aliphatic rings. The zero-order valence-electron chi connectivity index (χ0n) is 15.7. The summed E-state index contributed by atoms with van der Waals surface area (Å²) < 4.78 is 5.85. The molecule has 0 aliphatic heterocycles. The summed E-state index contributed by atoms with van der Waals surface area (Å²) in [7, 11) is 1.88. The third-order valence-electron chi connectivity index (χ3n) is 5.18. The molecule has 1 atom stereocenters. The van der Waals surface area contributed by atoms with Crippen molar-refractivity contribution in [3.8, 4) is 0 Å². The van der Waals surface area contributed by atoms with Crippen LogP contribution >= 0.6 is 0 Å². The first-order valence-corrected chi connectivity index (χ1v) is 9.48. The van der Waals surface area contributed by atoms with E-state index in [0.29, 0.717) is 18.2 Å². The quantitative estimate of drug-likeness (QED) is 0.524. The molecule has 1 fully saturated rings. The highest BCUT2D eigenvalue weighted by Crippen LogP contribution is 2.30. The van der Waals surface area contributed by atoms with Crippen LogP contribution in [0.2, 0.25) is 0 Å². The lowest BCUT2D eigenvalue weighted by Crippen LogP contribution is -2.36. The minimum Gasteiger partial charge on any atom is -0.461 e. The third kappa shape index (κ3) is 4.00. The smallest absolute Gasteiger partial charge is 0.149 e. The van der Waals surface area contributed by atoms with Gasteiger partial charge in [-0.2, -0.15) is 0 Å². The van der Waals surface area contributed by atoms with Gasteiger partial charge in [0.15, 0.2) is 0 Å². The average Bonchev–Trinajstić information content (AvgIpc) is 3.03. The summed E-state index contributed by atoms with van der Waals surface area (Å²) in [4.78, 5) is 12.0. The molecule has 0 bridgehead atoms. The van der Waals surface area contributed by atoms with Crippen molar-refractivity contribution in [2.75, 3.05) is 13.6 Å². The highest BCUT2D eigenvalue weighted by molar-refractivity contribution is 5.85. The Morgan fingerprint density at radius 2 is 2.12 bits per heavy atom. The van der Waals surface area contributed by atoms with Crippen LogP contribution < -0.4 is 16.4 Å². The molecule has 140 valence electrons. The van der Waals surface area contributed by atoms with Gasteiger partial charge >= 0.3 is 0 Å². The van der Waals surface area contributed by atoms with Crippen molar-refractivity contribution in [3.63, 3.8) is 0 Å². The van der Waals surface area contributed by atoms with Crippen LogP contribution in [0.25, 0.3) is 11.0 Å². The largest absolute Gasteiger partial charge is 0.461 e. The van der Waals surface area contributed by atoms with Gasteiger partial charge in [0.05, 0.1) is 6.04 Å². The maximum atomic E-state index is 12.0. The van der Waals surface area contributed by atoms with E-state index in [1.54, 1.807) is 0 Å². The molecule has 1 unspecified atom stereocenters. The van der Waals surface area contributed by atoms with E-state index in [-0.39, 0.29) is 0 Å². The number of hydrogen-bond acceptors (Lipinski definition) is 5. The van der Waals surface area contributed by atoms with Gasteiger partial charge in [0.2, 0.25) is 0 Å². The van der Waals surface area contributed by atoms with Gasteiger partial charge in [-0.1, -0.05) is 37.5 Å². The maximum Gasteiger partial charge on any atom is 0.149 e. The van der Waals surface area contributed by atoms with Crippen LogP contribution in [-0.2, 0) is 4.79 Å². The van der Waals surface area contributed by atoms with Gasteiger partial charge in [0.1, 0.15) is 17.6 Å². The van der Waals surface area contributed by atoms with Crippen LogP contribution in [0.1, 0.15) is 49.5 Å². The van der Waals surface area contributed by atoms with E-state index in [1.807, 2.05) is 38.2 Å². The van der Waals surface area contributed by atoms with Crippen molar-refractivity contribution in [1.82, 2.24) is 10.6 Å². The van der Waals surface area contributed by atoms with Crippen molar-refractivity contribution in [1.29, 1.82) is 0 Å². The fraction of sp³-hybridized carbons (Fsp3) is 0.476. The van der Waals surface area contributed by atoms with Crippen LogP contribution in [0.15, 0.2) is 40.0 Å². The molecule has 5 heteroatoms. The molecular formula is C21H29N3O2. The van der Waals surface area contributed by atoms with Gasteiger partial charge in [0, 0.05) is 34.8 Å². The lowest BCUT2D eigenvalue weighted by molar-refractivity contribution is -0.105. The number of nitrogens with two attached hydrogens (primary N) is 1. The number of carbonyl (C=O) groups excluding carboxylic acids is 1. The lowest BCUT2D eigenvalue weighted by Gasteiger charge is -2.27. The Bertz CT molecular complexity index is 788. The van der Waals surface area contributed by atoms with E-state index in [1.165, 1.54) is 19.3 Å². The minimum absolute atomic E-state index is 0.413. The molecular weight excluding hydrogens is 326 g/mol. The molecule has 1 aliphatic carbocycles. The standard InChI is InChI=1S/C21H29N3O2/c1-14-11-15-7-6-10-17(21(15)26-14)20(22)18(13-25)19(12-23-2)24-16-8-4-3-5-9-16/h6-7,10-11,13,16,20,23-24H,3-5,8-9,12,22H2,1-2H3/b19-18-. The average molecular weight is 355 g/mol. The molecule has 1 heterocycles. The first-order valence-electron chi connectivity index (χ1n) is 9.48. The Kier molecular flexibility index (Phi) is 6.12. The molecule has 0 amide bonds. The molecule has 1 saturated carbocycles. The second-order valence-corrected chi connectivity index (χ2v) is 7.16. The first-order chi connectivity index (χ1) is 12.6. The second-order valence-electron chi connectivity index (χ2n) is 7.16. The van der Waals surface area contributed by atoms with Gasteiger partial charge in [0.25, 0.3) is 0 Å². The minimum atomic E-state index is -0.527. The van der Waals surface area contributed by atoms with Crippen LogP contribution in [0, 0.1) is 6.92 Å². The Labute approximate surface area is 155 Å². The number of hydrogen-bond donors (Lipinski definition) is 3. The van der Waals surface area contributed by atoms with Crippen molar-refractivity contribution < 1.29 is 9.21 Å². The number of benzene rings is 1. The zero-order valence-corrected chi connectivity index (χ0v) is 15.7. The topological polar surface area (TPSA) is 80.3 Å². The summed E-state index contributed by atoms with van der Waals surface area (Å²) in [5.74, 6) is 0.840. The molecule has 0 saturated heterocycles. The number of aryl methyl sites for hydroxylation is 1. The third-order valence-corrected chi connectivity index (χ3v) is 5.18. The molecule has 4 N–H and O–H groups in total. The normalized spacial score (nSPS) is 17.8. The predicted molar refractivity (Wildman–Crippen MR) is 105 cm³/mol.